The molecule has 2 atom stereocenters. The average molecular weight is 410 g/mol. The molecule has 0 saturated carbocycles. The summed E-state index contributed by atoms with van der Waals surface area (Å²) in [6.07, 6.45) is 12.8. The van der Waals surface area contributed by atoms with E-state index in [0.717, 1.165) is 60.7 Å². The number of anilines is 1. The molecular weight excluding hydrogens is 378 g/mol. The van der Waals surface area contributed by atoms with Gasteiger partial charge in [-0.1, -0.05) is 18.2 Å². The van der Waals surface area contributed by atoms with Gasteiger partial charge in [-0.3, -0.25) is 0 Å². The Balaban J connectivity index is 1.72. The fourth-order valence-corrected chi connectivity index (χ4v) is 3.93. The molecule has 0 bridgehead atoms. The van der Waals surface area contributed by atoms with E-state index in [2.05, 4.69) is 27.4 Å². The van der Waals surface area contributed by atoms with Crippen LogP contribution in [0.15, 0.2) is 35.6 Å². The van der Waals surface area contributed by atoms with Gasteiger partial charge in [-0.05, 0) is 38.7 Å². The zero-order chi connectivity index (χ0) is 21.3. The van der Waals surface area contributed by atoms with Gasteiger partial charge in [-0.15, -0.1) is 0 Å². The SMILES string of the molecule is COC1=N[C@H](C)C(c2cnc(N3CCC(N)CC3)nc2C2=CCC(C)(N)C=C2)=CN1. The van der Waals surface area contributed by atoms with E-state index in [1.54, 1.807) is 7.11 Å². The molecule has 2 aliphatic heterocycles. The largest absolute Gasteiger partial charge is 0.468 e. The highest BCUT2D eigenvalue weighted by atomic mass is 16.5. The Hall–Kier alpha value is -2.71. The van der Waals surface area contributed by atoms with Crippen LogP contribution in [0, 0.1) is 0 Å². The molecule has 0 spiro atoms. The molecule has 1 saturated heterocycles. The molecule has 3 heterocycles. The summed E-state index contributed by atoms with van der Waals surface area (Å²) in [4.78, 5) is 16.5. The number of ether oxygens (including phenoxy) is 1. The van der Waals surface area contributed by atoms with Gasteiger partial charge in [0.2, 0.25) is 5.95 Å². The normalized spacial score (nSPS) is 27.2. The highest BCUT2D eigenvalue weighted by molar-refractivity contribution is 5.88. The third-order valence-corrected chi connectivity index (χ3v) is 5.89. The molecule has 30 heavy (non-hydrogen) atoms. The lowest BCUT2D eigenvalue weighted by Gasteiger charge is -2.31. The predicted octanol–water partition coefficient (Wildman–Crippen LogP) is 1.80. The topological polar surface area (TPSA) is 115 Å². The van der Waals surface area contributed by atoms with Crippen LogP contribution < -0.4 is 21.7 Å². The summed E-state index contributed by atoms with van der Waals surface area (Å²) in [7, 11) is 1.60. The maximum Gasteiger partial charge on any atom is 0.289 e. The Labute approximate surface area is 177 Å². The van der Waals surface area contributed by atoms with Crippen LogP contribution in [0.25, 0.3) is 11.1 Å². The second-order valence-electron chi connectivity index (χ2n) is 8.52. The molecule has 5 N–H and O–H groups in total. The minimum Gasteiger partial charge on any atom is -0.468 e. The Bertz CT molecular complexity index is 923. The van der Waals surface area contributed by atoms with Crippen molar-refractivity contribution >= 4 is 23.1 Å². The Morgan fingerprint density at radius 3 is 2.70 bits per heavy atom. The minimum absolute atomic E-state index is 0.0738. The molecule has 1 aromatic heterocycles. The fourth-order valence-electron chi connectivity index (χ4n) is 3.93. The number of nitrogens with one attached hydrogen (secondary N) is 1. The average Bonchev–Trinajstić information content (AvgIpc) is 2.74. The summed E-state index contributed by atoms with van der Waals surface area (Å²) in [5.74, 6) is 0.745. The van der Waals surface area contributed by atoms with Crippen LogP contribution in [-0.2, 0) is 4.74 Å². The Kier molecular flexibility index (Phi) is 5.62. The van der Waals surface area contributed by atoms with E-state index in [1.165, 1.54) is 0 Å². The molecule has 8 nitrogen and oxygen atoms in total. The van der Waals surface area contributed by atoms with Crippen LogP contribution in [0.4, 0.5) is 5.95 Å². The Morgan fingerprint density at radius 2 is 2.07 bits per heavy atom. The lowest BCUT2D eigenvalue weighted by Crippen LogP contribution is -2.40. The minimum atomic E-state index is -0.334. The van der Waals surface area contributed by atoms with Crippen LogP contribution in [0.5, 0.6) is 0 Å². The molecule has 8 heteroatoms. The lowest BCUT2D eigenvalue weighted by atomic mass is 9.88. The number of methoxy groups -OCH3 is 1. The number of aliphatic imine (C=N–C) groups is 1. The van der Waals surface area contributed by atoms with Crippen LogP contribution in [0.2, 0.25) is 0 Å². The molecule has 1 aromatic rings. The van der Waals surface area contributed by atoms with Gasteiger partial charge in [0, 0.05) is 48.2 Å². The van der Waals surface area contributed by atoms with E-state index < -0.39 is 0 Å². The van der Waals surface area contributed by atoms with Gasteiger partial charge in [0.15, 0.2) is 0 Å². The van der Waals surface area contributed by atoms with Gasteiger partial charge in [-0.2, -0.15) is 0 Å². The second-order valence-corrected chi connectivity index (χ2v) is 8.52. The molecule has 0 aromatic carbocycles. The standard InChI is InChI=1S/C22H31N7O/c1-14-17(12-26-21(27-14)30-3)18-13-25-20(29-10-6-16(23)7-11-29)28-19(18)15-4-8-22(2,24)9-5-15/h4-5,8,12-14,16H,6-7,9-11,23-24H2,1-3H3,(H,26,27)/t14-,22?/m1/s1. The lowest BCUT2D eigenvalue weighted by molar-refractivity contribution is 0.382. The van der Waals surface area contributed by atoms with Crippen LogP contribution in [-0.4, -0.2) is 53.8 Å². The number of aromatic nitrogens is 2. The summed E-state index contributed by atoms with van der Waals surface area (Å²) in [5.41, 5.74) is 16.0. The number of amidine groups is 1. The third-order valence-electron chi connectivity index (χ3n) is 5.89. The molecular formula is C22H31N7O. The van der Waals surface area contributed by atoms with Gasteiger partial charge >= 0.3 is 0 Å². The van der Waals surface area contributed by atoms with E-state index in [0.29, 0.717) is 6.02 Å². The van der Waals surface area contributed by atoms with Gasteiger partial charge < -0.3 is 26.4 Å². The number of piperidine rings is 1. The van der Waals surface area contributed by atoms with Crippen molar-refractivity contribution in [2.24, 2.45) is 16.5 Å². The molecule has 1 fully saturated rings. The van der Waals surface area contributed by atoms with E-state index >= 15 is 0 Å². The smallest absolute Gasteiger partial charge is 0.289 e. The second kappa shape index (κ2) is 8.20. The van der Waals surface area contributed by atoms with E-state index in [9.17, 15) is 0 Å². The van der Waals surface area contributed by atoms with E-state index in [4.69, 9.17) is 26.2 Å². The van der Waals surface area contributed by atoms with Crippen molar-refractivity contribution < 1.29 is 4.74 Å². The first-order valence-electron chi connectivity index (χ1n) is 10.5. The molecule has 0 amide bonds. The quantitative estimate of drug-likeness (QED) is 0.697. The predicted molar refractivity (Wildman–Crippen MR) is 121 cm³/mol. The zero-order valence-corrected chi connectivity index (χ0v) is 17.9. The van der Waals surface area contributed by atoms with Crippen LogP contribution >= 0.6 is 0 Å². The van der Waals surface area contributed by atoms with Crippen LogP contribution in [0.3, 0.4) is 0 Å². The monoisotopic (exact) mass is 409 g/mol. The number of nitrogens with two attached hydrogens (primary N) is 2. The van der Waals surface area contributed by atoms with Crippen molar-refractivity contribution in [3.05, 3.63) is 41.9 Å². The first kappa shape index (κ1) is 20.6. The van der Waals surface area contributed by atoms with Crippen molar-refractivity contribution in [1.82, 2.24) is 15.3 Å². The molecule has 4 rings (SSSR count). The van der Waals surface area contributed by atoms with E-state index in [1.807, 2.05) is 32.3 Å². The zero-order valence-electron chi connectivity index (χ0n) is 17.9. The molecule has 1 unspecified atom stereocenters. The van der Waals surface area contributed by atoms with Crippen molar-refractivity contribution in [1.29, 1.82) is 0 Å². The highest BCUT2D eigenvalue weighted by Gasteiger charge is 2.26. The van der Waals surface area contributed by atoms with Crippen molar-refractivity contribution in [2.45, 2.75) is 50.7 Å². The van der Waals surface area contributed by atoms with Crippen molar-refractivity contribution in [3.63, 3.8) is 0 Å². The summed E-state index contributed by atoms with van der Waals surface area (Å²) in [6, 6.07) is 0.694. The molecule has 1 aliphatic carbocycles. The first-order valence-corrected chi connectivity index (χ1v) is 10.5. The summed E-state index contributed by atoms with van der Waals surface area (Å²) in [5, 5.41) is 3.10. The number of hydrogen-bond donors (Lipinski definition) is 3. The van der Waals surface area contributed by atoms with Gasteiger partial charge in [0.1, 0.15) is 0 Å². The number of rotatable bonds is 3. The Morgan fingerprint density at radius 1 is 1.30 bits per heavy atom. The number of nitrogens with zero attached hydrogens (tertiary/aromatic N) is 4. The molecule has 0 radical (unpaired) electrons. The van der Waals surface area contributed by atoms with Gasteiger partial charge in [0.05, 0.1) is 18.8 Å². The summed E-state index contributed by atoms with van der Waals surface area (Å²) >= 11 is 0. The van der Waals surface area contributed by atoms with Gasteiger partial charge in [0.25, 0.3) is 6.02 Å². The summed E-state index contributed by atoms with van der Waals surface area (Å²) < 4.78 is 5.23. The summed E-state index contributed by atoms with van der Waals surface area (Å²) in [6.45, 7) is 5.81. The fraction of sp³-hybridized carbons (Fsp3) is 0.500. The van der Waals surface area contributed by atoms with Crippen molar-refractivity contribution in [3.8, 4) is 0 Å². The maximum absolute atomic E-state index is 6.27. The van der Waals surface area contributed by atoms with Crippen molar-refractivity contribution in [2.75, 3.05) is 25.1 Å². The number of allylic oxidation sites excluding steroid dienone is 2. The highest BCUT2D eigenvalue weighted by Crippen LogP contribution is 2.33. The maximum atomic E-state index is 6.27. The van der Waals surface area contributed by atoms with Gasteiger partial charge in [-0.25, -0.2) is 15.0 Å². The molecule has 160 valence electrons. The van der Waals surface area contributed by atoms with E-state index in [-0.39, 0.29) is 17.6 Å². The van der Waals surface area contributed by atoms with Crippen LogP contribution in [0.1, 0.15) is 44.4 Å². The number of hydrogen-bond acceptors (Lipinski definition) is 8. The molecule has 3 aliphatic rings. The first-order chi connectivity index (χ1) is 14.4. The third kappa shape index (κ3) is 4.24.